The van der Waals surface area contributed by atoms with Gasteiger partial charge in [-0.15, -0.1) is 0 Å². The summed E-state index contributed by atoms with van der Waals surface area (Å²) in [5.74, 6) is -2.36. The number of amides is 1. The zero-order valence-electron chi connectivity index (χ0n) is 13.5. The number of hydrogen-bond acceptors (Lipinski definition) is 1. The van der Waals surface area contributed by atoms with Gasteiger partial charge in [-0.05, 0) is 23.3 Å². The molecule has 0 fully saturated rings. The first-order valence-electron chi connectivity index (χ1n) is 7.46. The molecule has 0 aliphatic heterocycles. The first-order valence-corrected chi connectivity index (χ1v) is 7.46. The highest BCUT2D eigenvalue weighted by Crippen LogP contribution is 2.34. The molecular formula is C18H12F7NO. The Morgan fingerprint density at radius 2 is 1.59 bits per heavy atom. The summed E-state index contributed by atoms with van der Waals surface area (Å²) in [6.45, 7) is -0.718. The van der Waals surface area contributed by atoms with Gasteiger partial charge < -0.3 is 5.32 Å². The Morgan fingerprint density at radius 1 is 0.963 bits per heavy atom. The molecule has 0 spiro atoms. The fourth-order valence-electron chi connectivity index (χ4n) is 2.28. The lowest BCUT2D eigenvalue weighted by Crippen LogP contribution is -2.24. The minimum Gasteiger partial charge on any atom is -0.348 e. The van der Waals surface area contributed by atoms with Crippen LogP contribution in [0.15, 0.2) is 54.6 Å². The van der Waals surface area contributed by atoms with Crippen molar-refractivity contribution in [2.75, 3.05) is 0 Å². The Morgan fingerprint density at radius 3 is 2.15 bits per heavy atom. The maximum Gasteiger partial charge on any atom is 0.417 e. The van der Waals surface area contributed by atoms with Crippen LogP contribution in [-0.2, 0) is 17.5 Å². The normalized spacial score (nSPS) is 12.8. The number of alkyl halides is 6. The Labute approximate surface area is 149 Å². The number of benzene rings is 2. The molecule has 1 amide bonds. The SMILES string of the molecule is O=C(/C=C(/c1ccccc1)C(F)(F)F)NCc1ccc(F)cc1C(F)(F)F. The largest absolute Gasteiger partial charge is 0.417 e. The van der Waals surface area contributed by atoms with Crippen molar-refractivity contribution in [2.24, 2.45) is 0 Å². The van der Waals surface area contributed by atoms with Gasteiger partial charge in [0.05, 0.1) is 11.1 Å². The summed E-state index contributed by atoms with van der Waals surface area (Å²) in [6, 6.07) is 8.31. The van der Waals surface area contributed by atoms with Gasteiger partial charge in [0.1, 0.15) is 5.82 Å². The Balaban J connectivity index is 2.24. The van der Waals surface area contributed by atoms with Gasteiger partial charge in [-0.25, -0.2) is 4.39 Å². The van der Waals surface area contributed by atoms with E-state index in [1.165, 1.54) is 18.2 Å². The van der Waals surface area contributed by atoms with Crippen LogP contribution in [0.5, 0.6) is 0 Å². The Hall–Kier alpha value is -2.84. The van der Waals surface area contributed by atoms with Gasteiger partial charge in [0, 0.05) is 12.6 Å². The second kappa shape index (κ2) is 7.81. The summed E-state index contributed by atoms with van der Waals surface area (Å²) in [4.78, 5) is 11.8. The average Bonchev–Trinajstić information content (AvgIpc) is 2.57. The van der Waals surface area contributed by atoms with Crippen LogP contribution in [0.4, 0.5) is 30.7 Å². The summed E-state index contributed by atoms with van der Waals surface area (Å²) >= 11 is 0. The van der Waals surface area contributed by atoms with Crippen molar-refractivity contribution in [3.63, 3.8) is 0 Å². The minimum atomic E-state index is -4.88. The van der Waals surface area contributed by atoms with E-state index in [1.54, 1.807) is 0 Å². The van der Waals surface area contributed by atoms with Crippen LogP contribution >= 0.6 is 0 Å². The molecule has 0 atom stereocenters. The maximum atomic E-state index is 13.2. The molecule has 0 bridgehead atoms. The molecule has 0 radical (unpaired) electrons. The molecule has 1 N–H and O–H groups in total. The second-order valence-corrected chi connectivity index (χ2v) is 5.44. The predicted octanol–water partition coefficient (Wildman–Crippen LogP) is 5.11. The lowest BCUT2D eigenvalue weighted by molar-refractivity contribution is -0.138. The molecule has 0 aliphatic rings. The summed E-state index contributed by atoms with van der Waals surface area (Å²) in [7, 11) is 0. The van der Waals surface area contributed by atoms with E-state index in [1.807, 2.05) is 5.32 Å². The van der Waals surface area contributed by atoms with Crippen molar-refractivity contribution in [2.45, 2.75) is 18.9 Å². The zero-order chi connectivity index (χ0) is 20.2. The molecule has 2 rings (SSSR count). The Bertz CT molecular complexity index is 839. The fraction of sp³-hybridized carbons (Fsp3) is 0.167. The number of carbonyl (C=O) groups is 1. The molecule has 0 aromatic heterocycles. The average molecular weight is 391 g/mol. The van der Waals surface area contributed by atoms with Gasteiger partial charge >= 0.3 is 12.4 Å². The highest BCUT2D eigenvalue weighted by Gasteiger charge is 2.36. The summed E-state index contributed by atoms with van der Waals surface area (Å²) in [6.07, 6.45) is -9.45. The molecule has 2 aromatic carbocycles. The van der Waals surface area contributed by atoms with Crippen LogP contribution in [0, 0.1) is 5.82 Å². The van der Waals surface area contributed by atoms with Gasteiger partial charge in [0.15, 0.2) is 0 Å². The molecule has 0 saturated carbocycles. The smallest absolute Gasteiger partial charge is 0.348 e. The first kappa shape index (κ1) is 20.5. The number of hydrogen-bond donors (Lipinski definition) is 1. The third-order valence-corrected chi connectivity index (χ3v) is 3.50. The van der Waals surface area contributed by atoms with E-state index < -0.39 is 47.3 Å². The monoisotopic (exact) mass is 391 g/mol. The van der Waals surface area contributed by atoms with Crippen LogP contribution in [-0.4, -0.2) is 12.1 Å². The second-order valence-electron chi connectivity index (χ2n) is 5.44. The van der Waals surface area contributed by atoms with Gasteiger partial charge in [-0.2, -0.15) is 26.3 Å². The summed E-state index contributed by atoms with van der Waals surface area (Å²) < 4.78 is 91.2. The van der Waals surface area contributed by atoms with Gasteiger partial charge in [0.25, 0.3) is 0 Å². The molecule has 0 saturated heterocycles. The van der Waals surface area contributed by atoms with E-state index >= 15 is 0 Å². The minimum absolute atomic E-state index is 0.252. The van der Waals surface area contributed by atoms with E-state index in [9.17, 15) is 35.5 Å². The molecular weight excluding hydrogens is 379 g/mol. The molecule has 9 heteroatoms. The predicted molar refractivity (Wildman–Crippen MR) is 83.7 cm³/mol. The molecule has 2 nitrogen and oxygen atoms in total. The lowest BCUT2D eigenvalue weighted by atomic mass is 10.0. The molecule has 0 unspecified atom stereocenters. The van der Waals surface area contributed by atoms with Crippen molar-refractivity contribution in [1.29, 1.82) is 0 Å². The van der Waals surface area contributed by atoms with Crippen molar-refractivity contribution >= 4 is 11.5 Å². The highest BCUT2D eigenvalue weighted by atomic mass is 19.4. The maximum absolute atomic E-state index is 13.2. The van der Waals surface area contributed by atoms with Gasteiger partial charge in [0.2, 0.25) is 5.91 Å². The zero-order valence-corrected chi connectivity index (χ0v) is 13.5. The molecule has 0 aliphatic carbocycles. The van der Waals surface area contributed by atoms with E-state index in [0.29, 0.717) is 0 Å². The first-order chi connectivity index (χ1) is 12.5. The van der Waals surface area contributed by atoms with Gasteiger partial charge in [-0.3, -0.25) is 4.79 Å². The van der Waals surface area contributed by atoms with Crippen LogP contribution in [0.2, 0.25) is 0 Å². The number of halogens is 7. The quantitative estimate of drug-likeness (QED) is 0.570. The van der Waals surface area contributed by atoms with Crippen molar-refractivity contribution in [3.05, 3.63) is 77.1 Å². The van der Waals surface area contributed by atoms with E-state index in [4.69, 9.17) is 0 Å². The van der Waals surface area contributed by atoms with E-state index in [-0.39, 0.29) is 17.7 Å². The standard InChI is InChI=1S/C18H12F7NO/c19-13-7-6-12(14(8-13)17(20,21)22)10-26-16(27)9-15(18(23,24)25)11-4-2-1-3-5-11/h1-9H,10H2,(H,26,27)/b15-9-. The number of rotatable bonds is 4. The fourth-order valence-corrected chi connectivity index (χ4v) is 2.28. The van der Waals surface area contributed by atoms with Crippen LogP contribution in [0.25, 0.3) is 5.57 Å². The van der Waals surface area contributed by atoms with Crippen LogP contribution in [0.3, 0.4) is 0 Å². The third kappa shape index (κ3) is 5.57. The van der Waals surface area contributed by atoms with Crippen LogP contribution in [0.1, 0.15) is 16.7 Å². The Kier molecular flexibility index (Phi) is 5.92. The number of carbonyl (C=O) groups excluding carboxylic acids is 1. The molecule has 2 aromatic rings. The number of allylic oxidation sites excluding steroid dienone is 1. The highest BCUT2D eigenvalue weighted by molar-refractivity contribution is 5.96. The summed E-state index contributed by atoms with van der Waals surface area (Å²) in [5.41, 5.74) is -3.29. The topological polar surface area (TPSA) is 29.1 Å². The molecule has 144 valence electrons. The van der Waals surface area contributed by atoms with Crippen molar-refractivity contribution < 1.29 is 35.5 Å². The van der Waals surface area contributed by atoms with E-state index in [0.717, 1.165) is 24.3 Å². The number of nitrogens with one attached hydrogen (secondary N) is 1. The third-order valence-electron chi connectivity index (χ3n) is 3.50. The molecule has 27 heavy (non-hydrogen) atoms. The van der Waals surface area contributed by atoms with E-state index in [2.05, 4.69) is 0 Å². The summed E-state index contributed by atoms with van der Waals surface area (Å²) in [5, 5.41) is 1.97. The van der Waals surface area contributed by atoms with Gasteiger partial charge in [-0.1, -0.05) is 36.4 Å². The molecule has 0 heterocycles. The lowest BCUT2D eigenvalue weighted by Gasteiger charge is -2.14. The van der Waals surface area contributed by atoms with Crippen LogP contribution < -0.4 is 5.32 Å². The van der Waals surface area contributed by atoms with Crippen molar-refractivity contribution in [3.8, 4) is 0 Å². The van der Waals surface area contributed by atoms with Crippen molar-refractivity contribution in [1.82, 2.24) is 5.32 Å².